The number of nitrogens with one attached hydrogen (secondary N) is 1. The molecule has 3 heterocycles. The quantitative estimate of drug-likeness (QED) is 0.828. The molecule has 2 aromatic rings. The Morgan fingerprint density at radius 1 is 1.29 bits per heavy atom. The smallest absolute Gasteiger partial charge is 0.255 e. The van der Waals surface area contributed by atoms with Gasteiger partial charge in [0.15, 0.2) is 0 Å². The fourth-order valence-corrected chi connectivity index (χ4v) is 3.93. The fourth-order valence-electron chi connectivity index (χ4n) is 3.93. The highest BCUT2D eigenvalue weighted by Crippen LogP contribution is 2.26. The maximum absolute atomic E-state index is 12.7. The fraction of sp³-hybridized carbons (Fsp3) is 0.500. The summed E-state index contributed by atoms with van der Waals surface area (Å²) >= 11 is 0. The monoisotopic (exact) mass is 383 g/mol. The lowest BCUT2D eigenvalue weighted by Gasteiger charge is -2.32. The maximum Gasteiger partial charge on any atom is 0.255 e. The van der Waals surface area contributed by atoms with Gasteiger partial charge in [-0.3, -0.25) is 14.6 Å². The lowest BCUT2D eigenvalue weighted by atomic mass is 9.93. The van der Waals surface area contributed by atoms with Crippen molar-refractivity contribution in [1.82, 2.24) is 15.2 Å². The summed E-state index contributed by atoms with van der Waals surface area (Å²) in [5, 5.41) is 2.98. The van der Waals surface area contributed by atoms with Gasteiger partial charge < -0.3 is 14.6 Å². The Kier molecular flexibility index (Phi) is 6.17. The van der Waals surface area contributed by atoms with E-state index >= 15 is 0 Å². The van der Waals surface area contributed by atoms with Crippen molar-refractivity contribution < 1.29 is 14.0 Å². The second kappa shape index (κ2) is 8.59. The Hall–Kier alpha value is -2.63. The molecule has 0 bridgehead atoms. The van der Waals surface area contributed by atoms with Crippen LogP contribution in [0.5, 0.6) is 0 Å². The molecular formula is C22H29N3O3. The molecule has 0 atom stereocenters. The molecule has 2 aromatic heterocycles. The van der Waals surface area contributed by atoms with Crippen LogP contribution in [0.1, 0.15) is 65.2 Å². The van der Waals surface area contributed by atoms with E-state index in [2.05, 4.69) is 24.1 Å². The molecule has 0 aliphatic carbocycles. The number of aromatic nitrogens is 1. The molecule has 0 saturated carbocycles. The molecule has 0 unspecified atom stereocenters. The number of furan rings is 1. The summed E-state index contributed by atoms with van der Waals surface area (Å²) in [6.45, 7) is 9.61. The van der Waals surface area contributed by atoms with E-state index in [1.807, 2.05) is 18.0 Å². The van der Waals surface area contributed by atoms with Gasteiger partial charge in [0, 0.05) is 37.4 Å². The first-order chi connectivity index (χ1) is 13.5. The summed E-state index contributed by atoms with van der Waals surface area (Å²) in [7, 11) is 0. The number of fused-ring (bicyclic) bond motifs is 1. The Labute approximate surface area is 166 Å². The van der Waals surface area contributed by atoms with E-state index in [0.717, 1.165) is 36.1 Å². The van der Waals surface area contributed by atoms with Crippen LogP contribution < -0.4 is 5.32 Å². The number of pyridine rings is 1. The summed E-state index contributed by atoms with van der Waals surface area (Å²) in [5.41, 5.74) is 4.83. The third-order valence-electron chi connectivity index (χ3n) is 5.77. The average Bonchev–Trinajstić information content (AvgIpc) is 3.13. The van der Waals surface area contributed by atoms with Crippen LogP contribution >= 0.6 is 0 Å². The van der Waals surface area contributed by atoms with Gasteiger partial charge in [-0.25, -0.2) is 0 Å². The molecule has 0 fully saturated rings. The van der Waals surface area contributed by atoms with Gasteiger partial charge in [0.2, 0.25) is 5.91 Å². The van der Waals surface area contributed by atoms with E-state index < -0.39 is 0 Å². The zero-order chi connectivity index (χ0) is 20.3. The van der Waals surface area contributed by atoms with Crippen molar-refractivity contribution >= 4 is 11.8 Å². The Morgan fingerprint density at radius 3 is 2.68 bits per heavy atom. The van der Waals surface area contributed by atoms with Crippen LogP contribution in [0.4, 0.5) is 0 Å². The molecule has 0 spiro atoms. The number of hydrogen-bond acceptors (Lipinski definition) is 4. The largest absolute Gasteiger partial charge is 0.469 e. The van der Waals surface area contributed by atoms with Gasteiger partial charge in [-0.05, 0) is 55.9 Å². The molecule has 0 radical (unpaired) electrons. The van der Waals surface area contributed by atoms with Crippen molar-refractivity contribution in [2.75, 3.05) is 6.54 Å². The predicted molar refractivity (Wildman–Crippen MR) is 107 cm³/mol. The van der Waals surface area contributed by atoms with Crippen molar-refractivity contribution in [3.8, 4) is 0 Å². The molecule has 150 valence electrons. The average molecular weight is 383 g/mol. The van der Waals surface area contributed by atoms with Crippen LogP contribution in [0.15, 0.2) is 22.9 Å². The first kappa shape index (κ1) is 20.1. The number of hydrogen-bond donors (Lipinski definition) is 1. The van der Waals surface area contributed by atoms with E-state index in [0.29, 0.717) is 31.0 Å². The van der Waals surface area contributed by atoms with Crippen molar-refractivity contribution in [3.63, 3.8) is 0 Å². The Balaban J connectivity index is 1.75. The lowest BCUT2D eigenvalue weighted by molar-refractivity contribution is -0.136. The summed E-state index contributed by atoms with van der Waals surface area (Å²) in [6.07, 6.45) is 5.93. The van der Waals surface area contributed by atoms with E-state index in [1.165, 1.54) is 11.8 Å². The first-order valence-electron chi connectivity index (χ1n) is 10.0. The zero-order valence-corrected chi connectivity index (χ0v) is 17.2. The molecular weight excluding hydrogens is 354 g/mol. The number of rotatable bonds is 6. The van der Waals surface area contributed by atoms with Gasteiger partial charge >= 0.3 is 0 Å². The highest BCUT2D eigenvalue weighted by Gasteiger charge is 2.27. The van der Waals surface area contributed by atoms with Crippen LogP contribution in [-0.2, 0) is 24.3 Å². The summed E-state index contributed by atoms with van der Waals surface area (Å²) in [5.74, 6) is 0.793. The van der Waals surface area contributed by atoms with E-state index in [1.54, 1.807) is 13.0 Å². The normalized spacial score (nSPS) is 13.5. The number of carbonyl (C=O) groups excluding carboxylic acids is 2. The molecule has 6 heteroatoms. The minimum Gasteiger partial charge on any atom is -0.469 e. The van der Waals surface area contributed by atoms with Gasteiger partial charge in [-0.1, -0.05) is 13.8 Å². The van der Waals surface area contributed by atoms with Crippen LogP contribution in [0.2, 0.25) is 0 Å². The first-order valence-corrected chi connectivity index (χ1v) is 10.0. The van der Waals surface area contributed by atoms with Crippen LogP contribution in [0.25, 0.3) is 0 Å². The van der Waals surface area contributed by atoms with Gasteiger partial charge in [-0.15, -0.1) is 0 Å². The van der Waals surface area contributed by atoms with Crippen molar-refractivity contribution in [2.45, 2.75) is 60.0 Å². The number of nitrogens with zero attached hydrogens (tertiary/aromatic N) is 2. The summed E-state index contributed by atoms with van der Waals surface area (Å²) < 4.78 is 5.21. The molecule has 6 nitrogen and oxygen atoms in total. The summed E-state index contributed by atoms with van der Waals surface area (Å²) in [4.78, 5) is 31.6. The lowest BCUT2D eigenvalue weighted by Crippen LogP contribution is -2.40. The van der Waals surface area contributed by atoms with Crippen molar-refractivity contribution in [2.24, 2.45) is 5.92 Å². The molecule has 1 aliphatic rings. The van der Waals surface area contributed by atoms with Gasteiger partial charge in [0.25, 0.3) is 5.91 Å². The van der Waals surface area contributed by atoms with Crippen LogP contribution in [0, 0.1) is 19.8 Å². The minimum absolute atomic E-state index is 0.0944. The maximum atomic E-state index is 12.7. The van der Waals surface area contributed by atoms with Crippen LogP contribution in [-0.4, -0.2) is 28.2 Å². The van der Waals surface area contributed by atoms with Gasteiger partial charge in [-0.2, -0.15) is 0 Å². The standard InChI is InChI=1S/C22H29N3O3/c1-5-16(6-2)22(27)25-9-7-19-17(13-25)11-23-14(3)20(19)12-24-21(26)18-8-10-28-15(18)4/h8,10-11,16H,5-7,9,12-13H2,1-4H3,(H,24,26). The minimum atomic E-state index is -0.149. The number of aryl methyl sites for hydroxylation is 2. The van der Waals surface area contributed by atoms with Gasteiger partial charge in [0.05, 0.1) is 11.8 Å². The number of amides is 2. The highest BCUT2D eigenvalue weighted by atomic mass is 16.3. The molecule has 0 aromatic carbocycles. The molecule has 3 rings (SSSR count). The SMILES string of the molecule is CCC(CC)C(=O)N1CCc2c(cnc(C)c2CNC(=O)c2ccoc2C)C1. The molecule has 1 N–H and O–H groups in total. The predicted octanol–water partition coefficient (Wildman–Crippen LogP) is 3.54. The summed E-state index contributed by atoms with van der Waals surface area (Å²) in [6, 6.07) is 1.68. The van der Waals surface area contributed by atoms with Crippen molar-refractivity contribution in [1.29, 1.82) is 0 Å². The van der Waals surface area contributed by atoms with Gasteiger partial charge in [0.1, 0.15) is 5.76 Å². The molecule has 1 aliphatic heterocycles. The third kappa shape index (κ3) is 3.96. The van der Waals surface area contributed by atoms with Crippen LogP contribution in [0.3, 0.4) is 0 Å². The zero-order valence-electron chi connectivity index (χ0n) is 17.2. The Morgan fingerprint density at radius 2 is 2.04 bits per heavy atom. The molecule has 28 heavy (non-hydrogen) atoms. The second-order valence-electron chi connectivity index (χ2n) is 7.42. The van der Waals surface area contributed by atoms with E-state index in [4.69, 9.17) is 4.42 Å². The third-order valence-corrected chi connectivity index (χ3v) is 5.77. The van der Waals surface area contributed by atoms with E-state index in [9.17, 15) is 9.59 Å². The number of carbonyl (C=O) groups is 2. The Bertz CT molecular complexity index is 868. The van der Waals surface area contributed by atoms with E-state index in [-0.39, 0.29) is 17.7 Å². The topological polar surface area (TPSA) is 75.4 Å². The molecule has 0 saturated heterocycles. The molecule has 2 amide bonds. The second-order valence-corrected chi connectivity index (χ2v) is 7.42. The highest BCUT2D eigenvalue weighted by molar-refractivity contribution is 5.95. The van der Waals surface area contributed by atoms with Crippen molar-refractivity contribution in [3.05, 3.63) is 52.2 Å².